The van der Waals surface area contributed by atoms with E-state index in [9.17, 15) is 27.6 Å². The molecule has 8 N–H and O–H groups in total. The van der Waals surface area contributed by atoms with Crippen LogP contribution in [0.1, 0.15) is 36.5 Å². The Labute approximate surface area is 267 Å². The molecule has 0 fully saturated rings. The first-order valence-corrected chi connectivity index (χ1v) is 15.4. The number of nitrogens with zero attached hydrogens (tertiary/aromatic N) is 2. The van der Waals surface area contributed by atoms with Crippen molar-refractivity contribution in [2.75, 3.05) is 39.8 Å². The zero-order chi connectivity index (χ0) is 33.9. The number of ketones is 1. The number of quaternary nitrogens is 1. The molecule has 250 valence electrons. The lowest BCUT2D eigenvalue weighted by molar-refractivity contribution is -0.907. The van der Waals surface area contributed by atoms with Gasteiger partial charge in [0.15, 0.2) is 5.78 Å². The van der Waals surface area contributed by atoms with Crippen LogP contribution in [0.5, 0.6) is 0 Å². The number of likely N-dealkylation sites (N-methyl/N-ethyl adjacent to an activating group) is 1. The number of fused-ring (bicyclic) bond motifs is 1. The van der Waals surface area contributed by atoms with Crippen LogP contribution in [0.4, 0.5) is 13.2 Å². The number of alkyl halides is 3. The van der Waals surface area contributed by atoms with E-state index in [0.29, 0.717) is 54.8 Å². The molecule has 0 aliphatic rings. The molecule has 0 saturated carbocycles. The molecule has 46 heavy (non-hydrogen) atoms. The molecule has 1 heterocycles. The van der Waals surface area contributed by atoms with Crippen molar-refractivity contribution in [2.45, 2.75) is 56.9 Å². The molecule has 2 aromatic carbocycles. The SMILES string of the molecule is C[C@@H](N)C(=O)N[C@@H](CCC[N+](C)(CCN)CCN)C(=O)N[C@H](Cc1ccc(C(F)(F)F)cc1)C(=O)Cc1cnc2ccccc2c1. The maximum atomic E-state index is 13.7. The fourth-order valence-corrected chi connectivity index (χ4v) is 5.33. The number of hydrogen-bond acceptors (Lipinski definition) is 7. The Balaban J connectivity index is 1.85. The molecule has 13 heteroatoms. The van der Waals surface area contributed by atoms with Crippen LogP contribution in [0.15, 0.2) is 60.8 Å². The summed E-state index contributed by atoms with van der Waals surface area (Å²) in [6, 6.07) is 10.7. The third kappa shape index (κ3) is 10.9. The maximum absolute atomic E-state index is 13.7. The number of aromatic nitrogens is 1. The molecule has 0 aliphatic heterocycles. The van der Waals surface area contributed by atoms with E-state index in [1.54, 1.807) is 6.20 Å². The van der Waals surface area contributed by atoms with E-state index >= 15 is 0 Å². The van der Waals surface area contributed by atoms with Crippen molar-refractivity contribution >= 4 is 28.5 Å². The zero-order valence-electron chi connectivity index (χ0n) is 26.4. The van der Waals surface area contributed by atoms with Crippen molar-refractivity contribution in [3.63, 3.8) is 0 Å². The molecule has 0 spiro atoms. The molecular weight excluding hydrogens is 599 g/mol. The number of para-hydroxylation sites is 1. The van der Waals surface area contributed by atoms with E-state index < -0.39 is 41.7 Å². The Hall–Kier alpha value is -3.91. The highest BCUT2D eigenvalue weighted by atomic mass is 19.4. The summed E-state index contributed by atoms with van der Waals surface area (Å²) in [5.41, 5.74) is 18.3. The third-order valence-electron chi connectivity index (χ3n) is 8.03. The monoisotopic (exact) mass is 644 g/mol. The normalized spacial score (nSPS) is 14.0. The van der Waals surface area contributed by atoms with Gasteiger partial charge in [-0.1, -0.05) is 30.3 Å². The Morgan fingerprint density at radius 3 is 2.13 bits per heavy atom. The van der Waals surface area contributed by atoms with Gasteiger partial charge >= 0.3 is 6.18 Å². The Morgan fingerprint density at radius 2 is 1.52 bits per heavy atom. The van der Waals surface area contributed by atoms with E-state index in [2.05, 4.69) is 15.6 Å². The van der Waals surface area contributed by atoms with Crippen molar-refractivity contribution in [2.24, 2.45) is 17.2 Å². The number of carbonyl (C=O) groups is 3. The highest BCUT2D eigenvalue weighted by Gasteiger charge is 2.31. The molecule has 1 aromatic heterocycles. The second kappa shape index (κ2) is 16.6. The van der Waals surface area contributed by atoms with Gasteiger partial charge in [0.05, 0.1) is 49.8 Å². The van der Waals surface area contributed by atoms with Crippen molar-refractivity contribution in [3.05, 3.63) is 77.5 Å². The summed E-state index contributed by atoms with van der Waals surface area (Å²) < 4.78 is 40.1. The first-order valence-electron chi connectivity index (χ1n) is 15.4. The van der Waals surface area contributed by atoms with Crippen LogP contribution in [-0.2, 0) is 33.4 Å². The molecule has 10 nitrogen and oxygen atoms in total. The fraction of sp³-hybridized carbons (Fsp3) is 0.455. The van der Waals surface area contributed by atoms with Gasteiger partial charge in [0, 0.05) is 31.1 Å². The Morgan fingerprint density at radius 1 is 0.891 bits per heavy atom. The highest BCUT2D eigenvalue weighted by Crippen LogP contribution is 2.29. The average Bonchev–Trinajstić information content (AvgIpc) is 3.00. The van der Waals surface area contributed by atoms with Crippen molar-refractivity contribution in [1.29, 1.82) is 0 Å². The zero-order valence-corrected chi connectivity index (χ0v) is 26.4. The smallest absolute Gasteiger partial charge is 0.344 e. The lowest BCUT2D eigenvalue weighted by Crippen LogP contribution is -2.55. The first-order chi connectivity index (χ1) is 21.7. The van der Waals surface area contributed by atoms with Crippen LogP contribution in [-0.4, -0.2) is 85.0 Å². The molecule has 0 radical (unpaired) electrons. The Kier molecular flexibility index (Phi) is 13.2. The number of amides is 2. The van der Waals surface area contributed by atoms with Crippen molar-refractivity contribution < 1.29 is 32.0 Å². The number of benzene rings is 2. The van der Waals surface area contributed by atoms with Gasteiger partial charge < -0.3 is 32.3 Å². The lowest BCUT2D eigenvalue weighted by atomic mass is 9.96. The van der Waals surface area contributed by atoms with Gasteiger partial charge in [-0.25, -0.2) is 0 Å². The first kappa shape index (κ1) is 36.6. The number of hydrogen-bond donors (Lipinski definition) is 5. The summed E-state index contributed by atoms with van der Waals surface area (Å²) in [4.78, 5) is 44.4. The minimum Gasteiger partial charge on any atom is -0.344 e. The van der Waals surface area contributed by atoms with E-state index in [0.717, 1.165) is 23.0 Å². The Bertz CT molecular complexity index is 1460. The van der Waals surface area contributed by atoms with Crippen LogP contribution >= 0.6 is 0 Å². The summed E-state index contributed by atoms with van der Waals surface area (Å²) in [7, 11) is 2.02. The number of nitrogens with one attached hydrogen (secondary N) is 2. The van der Waals surface area contributed by atoms with Crippen molar-refractivity contribution in [3.8, 4) is 0 Å². The highest BCUT2D eigenvalue weighted by molar-refractivity contribution is 5.94. The average molecular weight is 645 g/mol. The number of carbonyl (C=O) groups excluding carboxylic acids is 3. The topological polar surface area (TPSA) is 166 Å². The summed E-state index contributed by atoms with van der Waals surface area (Å²) in [5.74, 6) is -1.49. The minimum atomic E-state index is -4.51. The molecule has 0 aliphatic carbocycles. The second-order valence-corrected chi connectivity index (χ2v) is 12.0. The van der Waals surface area contributed by atoms with E-state index in [-0.39, 0.29) is 25.0 Å². The summed E-state index contributed by atoms with van der Waals surface area (Å²) in [6.45, 7) is 4.44. The van der Waals surface area contributed by atoms with E-state index in [1.807, 2.05) is 37.4 Å². The predicted octanol–water partition coefficient (Wildman–Crippen LogP) is 2.07. The molecule has 0 bridgehead atoms. The summed E-state index contributed by atoms with van der Waals surface area (Å²) in [5, 5.41) is 6.31. The fourth-order valence-electron chi connectivity index (χ4n) is 5.33. The third-order valence-corrected chi connectivity index (χ3v) is 8.03. The van der Waals surface area contributed by atoms with Crippen LogP contribution in [0, 0.1) is 0 Å². The van der Waals surface area contributed by atoms with Gasteiger partial charge in [-0.15, -0.1) is 0 Å². The molecule has 3 aromatic rings. The quantitative estimate of drug-likeness (QED) is 0.140. The van der Waals surface area contributed by atoms with Gasteiger partial charge in [-0.2, -0.15) is 13.2 Å². The molecular formula is C33H45F3N7O3+. The largest absolute Gasteiger partial charge is 0.416 e. The maximum Gasteiger partial charge on any atom is 0.416 e. The number of halogens is 3. The lowest BCUT2D eigenvalue weighted by Gasteiger charge is -2.34. The van der Waals surface area contributed by atoms with Crippen LogP contribution < -0.4 is 27.8 Å². The molecule has 3 atom stereocenters. The van der Waals surface area contributed by atoms with Gasteiger partial charge in [0.2, 0.25) is 11.8 Å². The minimum absolute atomic E-state index is 0.0559. The van der Waals surface area contributed by atoms with Crippen LogP contribution in [0.2, 0.25) is 0 Å². The number of pyridine rings is 1. The molecule has 0 unspecified atom stereocenters. The molecule has 3 rings (SSSR count). The standard InChI is InChI=1S/C33H44F3N7O3/c1-22(39)31(45)41-28(8-5-15-43(2,16-13-37)17-14-38)32(46)42-29(19-23-9-11-26(12-10-23)33(34,35)36)30(44)20-24-18-25-6-3-4-7-27(25)40-21-24/h3-4,6-7,9-12,18,21-22,28-29H,5,8,13-17,19-20,37-39H2,1-2H3,(H-,41,42,45,46)/p+1/t22-,28+,29-/m1/s1. The molecule has 0 saturated heterocycles. The van der Waals surface area contributed by atoms with Gasteiger partial charge in [-0.3, -0.25) is 19.4 Å². The number of Topliss-reactive ketones (excluding diaryl/α,β-unsaturated/α-hetero) is 1. The second-order valence-electron chi connectivity index (χ2n) is 12.0. The summed E-state index contributed by atoms with van der Waals surface area (Å²) >= 11 is 0. The van der Waals surface area contributed by atoms with E-state index in [1.165, 1.54) is 19.1 Å². The van der Waals surface area contributed by atoms with Crippen LogP contribution in [0.3, 0.4) is 0 Å². The number of rotatable bonds is 17. The summed E-state index contributed by atoms with van der Waals surface area (Å²) in [6.07, 6.45) is -2.27. The predicted molar refractivity (Wildman–Crippen MR) is 171 cm³/mol. The number of nitrogens with two attached hydrogens (primary N) is 3. The van der Waals surface area contributed by atoms with Gasteiger partial charge in [-0.05, 0) is 61.6 Å². The van der Waals surface area contributed by atoms with Crippen molar-refractivity contribution in [1.82, 2.24) is 15.6 Å². The van der Waals surface area contributed by atoms with E-state index in [4.69, 9.17) is 17.2 Å². The van der Waals surface area contributed by atoms with Gasteiger partial charge in [0.1, 0.15) is 6.04 Å². The van der Waals surface area contributed by atoms with Gasteiger partial charge in [0.25, 0.3) is 0 Å². The molecule has 2 amide bonds. The van der Waals surface area contributed by atoms with Crippen LogP contribution in [0.25, 0.3) is 10.9 Å².